The normalized spacial score (nSPS) is 18.0. The molecule has 3 heterocycles. The Morgan fingerprint density at radius 3 is 2.59 bits per heavy atom. The molecule has 0 atom stereocenters. The van der Waals surface area contributed by atoms with Crippen molar-refractivity contribution in [3.63, 3.8) is 0 Å². The molecular formula is C22H27N3O4. The number of nitrogens with zero attached hydrogens (tertiary/aromatic N) is 2. The van der Waals surface area contributed by atoms with Gasteiger partial charge in [-0.1, -0.05) is 12.1 Å². The number of ether oxygens (including phenoxy) is 3. The van der Waals surface area contributed by atoms with Crippen LogP contribution in [-0.4, -0.2) is 61.5 Å². The number of carbonyl (C=O) groups excluding carboxylic acids is 1. The molecule has 7 nitrogen and oxygen atoms in total. The molecule has 1 aromatic heterocycles. The highest BCUT2D eigenvalue weighted by atomic mass is 16.7. The van der Waals surface area contributed by atoms with Gasteiger partial charge in [-0.3, -0.25) is 9.78 Å². The molecule has 2 fully saturated rings. The minimum Gasteiger partial charge on any atom is -0.497 e. The average Bonchev–Trinajstić information content (AvgIpc) is 3.22. The summed E-state index contributed by atoms with van der Waals surface area (Å²) in [6.45, 7) is 3.29. The fourth-order valence-corrected chi connectivity index (χ4v) is 3.80. The fourth-order valence-electron chi connectivity index (χ4n) is 3.80. The van der Waals surface area contributed by atoms with Gasteiger partial charge in [-0.25, -0.2) is 0 Å². The second-order valence-corrected chi connectivity index (χ2v) is 7.35. The Hall–Kier alpha value is -2.64. The average molecular weight is 397 g/mol. The van der Waals surface area contributed by atoms with Crippen LogP contribution in [0.2, 0.25) is 0 Å². The predicted molar refractivity (Wildman–Crippen MR) is 109 cm³/mol. The van der Waals surface area contributed by atoms with Crippen molar-refractivity contribution in [3.05, 3.63) is 53.9 Å². The van der Waals surface area contributed by atoms with Crippen molar-refractivity contribution in [3.8, 4) is 5.75 Å². The van der Waals surface area contributed by atoms with Gasteiger partial charge in [-0.2, -0.15) is 0 Å². The highest BCUT2D eigenvalue weighted by molar-refractivity contribution is 5.93. The van der Waals surface area contributed by atoms with Crippen molar-refractivity contribution in [2.24, 2.45) is 0 Å². The van der Waals surface area contributed by atoms with Gasteiger partial charge < -0.3 is 24.4 Å². The third kappa shape index (κ3) is 4.68. The maximum Gasteiger partial charge on any atom is 0.272 e. The second kappa shape index (κ2) is 8.80. The number of aromatic nitrogens is 1. The van der Waals surface area contributed by atoms with Crippen LogP contribution in [0.25, 0.3) is 0 Å². The van der Waals surface area contributed by atoms with E-state index in [4.69, 9.17) is 14.2 Å². The van der Waals surface area contributed by atoms with Gasteiger partial charge in [0.2, 0.25) is 0 Å². The maximum absolute atomic E-state index is 12.9. The topological polar surface area (TPSA) is 72.9 Å². The fraction of sp³-hybridized carbons (Fsp3) is 0.455. The van der Waals surface area contributed by atoms with Gasteiger partial charge in [-0.05, 0) is 36.2 Å². The Kier molecular flexibility index (Phi) is 5.97. The van der Waals surface area contributed by atoms with Crippen molar-refractivity contribution in [1.82, 2.24) is 9.88 Å². The Morgan fingerprint density at radius 2 is 1.90 bits per heavy atom. The number of likely N-dealkylation sites (tertiary alicyclic amines) is 1. The van der Waals surface area contributed by atoms with Crippen LogP contribution in [0.5, 0.6) is 5.75 Å². The SMILES string of the molecule is COc1ccc(CCNc2ccnc(C(=O)N3CCC4(CC3)OCCO4)c2)cc1. The van der Waals surface area contributed by atoms with Crippen molar-refractivity contribution in [1.29, 1.82) is 0 Å². The summed E-state index contributed by atoms with van der Waals surface area (Å²) in [4.78, 5) is 19.0. The number of hydrogen-bond donors (Lipinski definition) is 1. The Balaban J connectivity index is 1.30. The van der Waals surface area contributed by atoms with Gasteiger partial charge in [0, 0.05) is 44.4 Å². The van der Waals surface area contributed by atoms with E-state index in [2.05, 4.69) is 22.4 Å². The first-order chi connectivity index (χ1) is 14.2. The Labute approximate surface area is 171 Å². The molecule has 154 valence electrons. The van der Waals surface area contributed by atoms with Gasteiger partial charge in [0.15, 0.2) is 5.79 Å². The molecule has 2 aliphatic rings. The summed E-state index contributed by atoms with van der Waals surface area (Å²) in [5.74, 6) is 0.333. The van der Waals surface area contributed by atoms with E-state index in [-0.39, 0.29) is 5.91 Å². The molecule has 1 amide bonds. The second-order valence-electron chi connectivity index (χ2n) is 7.35. The quantitative estimate of drug-likeness (QED) is 0.808. The molecule has 2 aliphatic heterocycles. The monoisotopic (exact) mass is 397 g/mol. The number of pyridine rings is 1. The highest BCUT2D eigenvalue weighted by Gasteiger charge is 2.41. The third-order valence-corrected chi connectivity index (χ3v) is 5.51. The van der Waals surface area contributed by atoms with Gasteiger partial charge in [0.05, 0.1) is 20.3 Å². The summed E-state index contributed by atoms with van der Waals surface area (Å²) >= 11 is 0. The van der Waals surface area contributed by atoms with Crippen LogP contribution in [0.3, 0.4) is 0 Å². The molecule has 0 radical (unpaired) electrons. The van der Waals surface area contributed by atoms with E-state index in [1.807, 2.05) is 29.2 Å². The maximum atomic E-state index is 12.9. The molecular weight excluding hydrogens is 370 g/mol. The molecule has 1 aromatic carbocycles. The number of piperidine rings is 1. The van der Waals surface area contributed by atoms with Crippen molar-refractivity contribution >= 4 is 11.6 Å². The van der Waals surface area contributed by atoms with E-state index in [1.165, 1.54) is 5.56 Å². The van der Waals surface area contributed by atoms with Crippen LogP contribution in [0, 0.1) is 0 Å². The lowest BCUT2D eigenvalue weighted by atomic mass is 10.0. The first-order valence-electron chi connectivity index (χ1n) is 10.1. The van der Waals surface area contributed by atoms with Crippen LogP contribution >= 0.6 is 0 Å². The van der Waals surface area contributed by atoms with Gasteiger partial charge in [-0.15, -0.1) is 0 Å². The number of hydrogen-bond acceptors (Lipinski definition) is 6. The molecule has 4 rings (SSSR count). The van der Waals surface area contributed by atoms with Gasteiger partial charge in [0.1, 0.15) is 11.4 Å². The van der Waals surface area contributed by atoms with Crippen molar-refractivity contribution < 1.29 is 19.0 Å². The van der Waals surface area contributed by atoms with Crippen LogP contribution in [0.1, 0.15) is 28.9 Å². The van der Waals surface area contributed by atoms with E-state index in [0.29, 0.717) is 44.8 Å². The van der Waals surface area contributed by atoms with E-state index in [0.717, 1.165) is 24.4 Å². The van der Waals surface area contributed by atoms with E-state index < -0.39 is 5.79 Å². The molecule has 0 aliphatic carbocycles. The summed E-state index contributed by atoms with van der Waals surface area (Å²) in [6.07, 6.45) is 3.97. The lowest BCUT2D eigenvalue weighted by Crippen LogP contribution is -2.47. The summed E-state index contributed by atoms with van der Waals surface area (Å²) in [7, 11) is 1.66. The van der Waals surface area contributed by atoms with Gasteiger partial charge in [0.25, 0.3) is 5.91 Å². The Morgan fingerprint density at radius 1 is 1.17 bits per heavy atom. The zero-order valence-corrected chi connectivity index (χ0v) is 16.7. The van der Waals surface area contributed by atoms with E-state index >= 15 is 0 Å². The number of rotatable bonds is 6. The summed E-state index contributed by atoms with van der Waals surface area (Å²) < 4.78 is 16.7. The van der Waals surface area contributed by atoms with E-state index in [9.17, 15) is 4.79 Å². The van der Waals surface area contributed by atoms with Gasteiger partial charge >= 0.3 is 0 Å². The summed E-state index contributed by atoms with van der Waals surface area (Å²) in [6, 6.07) is 11.7. The zero-order chi connectivity index (χ0) is 20.1. The number of nitrogens with one attached hydrogen (secondary N) is 1. The first-order valence-corrected chi connectivity index (χ1v) is 10.1. The molecule has 1 N–H and O–H groups in total. The summed E-state index contributed by atoms with van der Waals surface area (Å²) in [5, 5.41) is 3.38. The third-order valence-electron chi connectivity index (χ3n) is 5.51. The number of benzene rings is 1. The molecule has 0 bridgehead atoms. The van der Waals surface area contributed by atoms with Crippen LogP contribution in [0.15, 0.2) is 42.6 Å². The lowest BCUT2D eigenvalue weighted by Gasteiger charge is -2.37. The highest BCUT2D eigenvalue weighted by Crippen LogP contribution is 2.31. The molecule has 2 saturated heterocycles. The van der Waals surface area contributed by atoms with E-state index in [1.54, 1.807) is 13.3 Å². The van der Waals surface area contributed by atoms with Crippen molar-refractivity contribution in [2.45, 2.75) is 25.0 Å². The summed E-state index contributed by atoms with van der Waals surface area (Å²) in [5.41, 5.74) is 2.58. The number of anilines is 1. The predicted octanol–water partition coefficient (Wildman–Crippen LogP) is 2.72. The largest absolute Gasteiger partial charge is 0.497 e. The molecule has 2 aromatic rings. The first kappa shape index (κ1) is 19.7. The van der Waals surface area contributed by atoms with Crippen LogP contribution in [-0.2, 0) is 15.9 Å². The molecule has 7 heteroatoms. The van der Waals surface area contributed by atoms with Crippen molar-refractivity contribution in [2.75, 3.05) is 45.3 Å². The molecule has 29 heavy (non-hydrogen) atoms. The lowest BCUT2D eigenvalue weighted by molar-refractivity contribution is -0.181. The number of carbonyl (C=O) groups is 1. The number of methoxy groups -OCH3 is 1. The molecule has 0 unspecified atom stereocenters. The van der Waals surface area contributed by atoms with Crippen LogP contribution < -0.4 is 10.1 Å². The number of amides is 1. The standard InChI is InChI=1S/C22H27N3O4/c1-27-19-4-2-17(3-5-19)6-10-23-18-7-11-24-20(16-18)21(26)25-12-8-22(9-13-25)28-14-15-29-22/h2-5,7,11,16H,6,8-10,12-15H2,1H3,(H,23,24). The minimum absolute atomic E-state index is 0.0448. The molecule has 0 saturated carbocycles. The zero-order valence-electron chi connectivity index (χ0n) is 16.7. The minimum atomic E-state index is -0.477. The molecule has 1 spiro atoms. The smallest absolute Gasteiger partial charge is 0.272 e. The van der Waals surface area contributed by atoms with Crippen LogP contribution in [0.4, 0.5) is 5.69 Å². The Bertz CT molecular complexity index is 824.